The number of hydrogen-bond donors (Lipinski definition) is 0. The van der Waals surface area contributed by atoms with Gasteiger partial charge in [0.1, 0.15) is 6.61 Å². The van der Waals surface area contributed by atoms with Gasteiger partial charge in [-0.15, -0.1) is 0 Å². The van der Waals surface area contributed by atoms with Gasteiger partial charge < -0.3 is 4.74 Å². The maximum Gasteiger partial charge on any atom is 0.312 e. The molecule has 88 valence electrons. The van der Waals surface area contributed by atoms with Crippen molar-refractivity contribution in [1.82, 2.24) is 0 Å². The van der Waals surface area contributed by atoms with Crippen LogP contribution in [0.5, 0.6) is 0 Å². The van der Waals surface area contributed by atoms with Crippen LogP contribution >= 0.6 is 0 Å². The number of carbonyl (C=O) groups is 1. The third-order valence-electron chi connectivity index (χ3n) is 2.49. The lowest BCUT2D eigenvalue weighted by Crippen LogP contribution is -2.31. The summed E-state index contributed by atoms with van der Waals surface area (Å²) in [5.74, 6) is 0.427. The Bertz CT molecular complexity index is 209. The predicted octanol–water partition coefficient (Wildman–Crippen LogP) is 3.57. The second-order valence-electron chi connectivity index (χ2n) is 4.80. The highest BCUT2D eigenvalue weighted by Crippen LogP contribution is 2.32. The number of carbonyl (C=O) groups excluding carboxylic acids is 1. The van der Waals surface area contributed by atoms with Crippen molar-refractivity contribution in [3.63, 3.8) is 0 Å². The third kappa shape index (κ3) is 5.01. The van der Waals surface area contributed by atoms with E-state index in [2.05, 4.69) is 27.4 Å². The second kappa shape index (κ2) is 6.65. The van der Waals surface area contributed by atoms with Gasteiger partial charge in [-0.05, 0) is 25.7 Å². The maximum absolute atomic E-state index is 11.9. The Labute approximate surface area is 93.7 Å². The van der Waals surface area contributed by atoms with E-state index in [4.69, 9.17) is 4.74 Å². The number of hydrogen-bond acceptors (Lipinski definition) is 2. The number of rotatable bonds is 7. The van der Waals surface area contributed by atoms with Crippen LogP contribution < -0.4 is 0 Å². The molecule has 2 nitrogen and oxygen atoms in total. The molecule has 0 amide bonds. The summed E-state index contributed by atoms with van der Waals surface area (Å²) in [6.07, 6.45) is 4.39. The van der Waals surface area contributed by atoms with Gasteiger partial charge in [0, 0.05) is 0 Å². The topological polar surface area (TPSA) is 26.3 Å². The van der Waals surface area contributed by atoms with Crippen LogP contribution in [0.1, 0.15) is 47.0 Å². The molecule has 15 heavy (non-hydrogen) atoms. The van der Waals surface area contributed by atoms with Gasteiger partial charge in [0.05, 0.1) is 5.41 Å². The van der Waals surface area contributed by atoms with Gasteiger partial charge >= 0.3 is 5.97 Å². The summed E-state index contributed by atoms with van der Waals surface area (Å²) in [6.45, 7) is 12.2. The standard InChI is InChI=1S/C13H24O2/c1-6-8-13(5,10-11(3)4)12(14)15-9-7-2/h7,11H,2,6,8-10H2,1,3-5H3. The third-order valence-corrected chi connectivity index (χ3v) is 2.49. The molecule has 1 atom stereocenters. The summed E-state index contributed by atoms with van der Waals surface area (Å²) >= 11 is 0. The quantitative estimate of drug-likeness (QED) is 0.476. The van der Waals surface area contributed by atoms with E-state index in [9.17, 15) is 4.79 Å². The minimum Gasteiger partial charge on any atom is -0.461 e. The highest BCUT2D eigenvalue weighted by atomic mass is 16.5. The van der Waals surface area contributed by atoms with E-state index in [1.54, 1.807) is 6.08 Å². The van der Waals surface area contributed by atoms with Crippen molar-refractivity contribution < 1.29 is 9.53 Å². The molecule has 0 aromatic rings. The Morgan fingerprint density at radius 2 is 2.13 bits per heavy atom. The van der Waals surface area contributed by atoms with Crippen molar-refractivity contribution in [2.75, 3.05) is 6.61 Å². The van der Waals surface area contributed by atoms with Gasteiger partial charge in [-0.2, -0.15) is 0 Å². The zero-order valence-corrected chi connectivity index (χ0v) is 10.5. The average molecular weight is 212 g/mol. The molecule has 2 heteroatoms. The summed E-state index contributed by atoms with van der Waals surface area (Å²) in [4.78, 5) is 11.9. The Hall–Kier alpha value is -0.790. The first kappa shape index (κ1) is 14.2. The molecule has 0 fully saturated rings. The van der Waals surface area contributed by atoms with Crippen molar-refractivity contribution in [1.29, 1.82) is 0 Å². The fourth-order valence-electron chi connectivity index (χ4n) is 2.05. The van der Waals surface area contributed by atoms with Gasteiger partial charge in [0.25, 0.3) is 0 Å². The van der Waals surface area contributed by atoms with Gasteiger partial charge in [-0.1, -0.05) is 39.8 Å². The Kier molecular flexibility index (Phi) is 6.30. The Balaban J connectivity index is 4.45. The van der Waals surface area contributed by atoms with Crippen molar-refractivity contribution in [3.8, 4) is 0 Å². The minimum atomic E-state index is -0.327. The molecule has 0 spiro atoms. The lowest BCUT2D eigenvalue weighted by molar-refractivity contribution is -0.155. The van der Waals surface area contributed by atoms with E-state index in [1.807, 2.05) is 6.92 Å². The van der Waals surface area contributed by atoms with Crippen LogP contribution in [-0.4, -0.2) is 12.6 Å². The lowest BCUT2D eigenvalue weighted by Gasteiger charge is -2.28. The van der Waals surface area contributed by atoms with Crippen LogP contribution in [0, 0.1) is 11.3 Å². The molecule has 0 aliphatic carbocycles. The van der Waals surface area contributed by atoms with Gasteiger partial charge in [-0.3, -0.25) is 4.79 Å². The van der Waals surface area contributed by atoms with Gasteiger partial charge in [-0.25, -0.2) is 0 Å². The monoisotopic (exact) mass is 212 g/mol. The molecule has 0 aromatic carbocycles. The lowest BCUT2D eigenvalue weighted by atomic mass is 9.78. The summed E-state index contributed by atoms with van der Waals surface area (Å²) in [5, 5.41) is 0. The smallest absolute Gasteiger partial charge is 0.312 e. The SMILES string of the molecule is C=CCOC(=O)C(C)(CCC)CC(C)C. The molecular formula is C13H24O2. The van der Waals surface area contributed by atoms with E-state index in [-0.39, 0.29) is 11.4 Å². The van der Waals surface area contributed by atoms with Crippen LogP contribution in [0.4, 0.5) is 0 Å². The molecule has 0 radical (unpaired) electrons. The van der Waals surface area contributed by atoms with E-state index in [0.29, 0.717) is 12.5 Å². The summed E-state index contributed by atoms with van der Waals surface area (Å²) in [6, 6.07) is 0. The van der Waals surface area contributed by atoms with Gasteiger partial charge in [0.15, 0.2) is 0 Å². The minimum absolute atomic E-state index is 0.0852. The zero-order chi connectivity index (χ0) is 11.9. The van der Waals surface area contributed by atoms with Crippen molar-refractivity contribution >= 4 is 5.97 Å². The molecule has 0 bridgehead atoms. The fourth-order valence-corrected chi connectivity index (χ4v) is 2.05. The summed E-state index contributed by atoms with van der Waals surface area (Å²) < 4.78 is 5.15. The predicted molar refractivity (Wildman–Crippen MR) is 63.6 cm³/mol. The molecule has 0 rings (SSSR count). The molecule has 0 saturated heterocycles. The van der Waals surface area contributed by atoms with E-state index in [0.717, 1.165) is 19.3 Å². The highest BCUT2D eigenvalue weighted by Gasteiger charge is 2.34. The van der Waals surface area contributed by atoms with Crippen LogP contribution in [-0.2, 0) is 9.53 Å². The molecule has 0 aliphatic rings. The van der Waals surface area contributed by atoms with Crippen LogP contribution in [0.25, 0.3) is 0 Å². The fraction of sp³-hybridized carbons (Fsp3) is 0.769. The first-order valence-electron chi connectivity index (χ1n) is 5.74. The maximum atomic E-state index is 11.9. The largest absolute Gasteiger partial charge is 0.461 e. The normalized spacial score (nSPS) is 14.7. The molecule has 0 N–H and O–H groups in total. The molecule has 0 aromatic heterocycles. The molecule has 0 heterocycles. The number of ether oxygens (including phenoxy) is 1. The molecule has 0 saturated carbocycles. The Morgan fingerprint density at radius 3 is 2.53 bits per heavy atom. The average Bonchev–Trinajstić information content (AvgIpc) is 2.13. The van der Waals surface area contributed by atoms with Crippen LogP contribution in [0.15, 0.2) is 12.7 Å². The van der Waals surface area contributed by atoms with E-state index < -0.39 is 0 Å². The first-order chi connectivity index (χ1) is 6.96. The van der Waals surface area contributed by atoms with Gasteiger partial charge in [0.2, 0.25) is 0 Å². The van der Waals surface area contributed by atoms with Crippen LogP contribution in [0.3, 0.4) is 0 Å². The van der Waals surface area contributed by atoms with E-state index in [1.165, 1.54) is 0 Å². The first-order valence-corrected chi connectivity index (χ1v) is 5.74. The molecule has 1 unspecified atom stereocenters. The summed E-state index contributed by atoms with van der Waals surface area (Å²) in [7, 11) is 0. The van der Waals surface area contributed by atoms with Crippen LogP contribution in [0.2, 0.25) is 0 Å². The van der Waals surface area contributed by atoms with Crippen molar-refractivity contribution in [3.05, 3.63) is 12.7 Å². The highest BCUT2D eigenvalue weighted by molar-refractivity contribution is 5.76. The van der Waals surface area contributed by atoms with Crippen molar-refractivity contribution in [2.45, 2.75) is 47.0 Å². The van der Waals surface area contributed by atoms with Crippen molar-refractivity contribution in [2.24, 2.45) is 11.3 Å². The molecule has 0 aliphatic heterocycles. The Morgan fingerprint density at radius 1 is 1.53 bits per heavy atom. The molecular weight excluding hydrogens is 188 g/mol. The van der Waals surface area contributed by atoms with E-state index >= 15 is 0 Å². The number of esters is 1. The summed E-state index contributed by atoms with van der Waals surface area (Å²) in [5.41, 5.74) is -0.327. The zero-order valence-electron chi connectivity index (χ0n) is 10.5. The second-order valence-corrected chi connectivity index (χ2v) is 4.80.